The molecule has 0 heterocycles. The quantitative estimate of drug-likeness (QED) is 0.532. The second-order valence-electron chi connectivity index (χ2n) is 6.13. The summed E-state index contributed by atoms with van der Waals surface area (Å²) in [5.74, 6) is -0.569. The smallest absolute Gasteiger partial charge is 0.258 e. The lowest BCUT2D eigenvalue weighted by molar-refractivity contribution is 0.0948. The van der Waals surface area contributed by atoms with Crippen molar-refractivity contribution in [2.75, 3.05) is 5.32 Å². The first kappa shape index (κ1) is 20.5. The standard InChI is InChI=1S/C22H18ClN3O2S/c23-19-9-5-4-8-18(19)21(28)26-22(29)25-17-12-10-16(11-13-17)20(27)24-14-15-6-2-1-3-7-15/h1-13H,14H2,(H,24,27)(H2,25,26,28,29). The second kappa shape index (κ2) is 9.82. The van der Waals surface area contributed by atoms with Crippen LogP contribution in [-0.2, 0) is 6.54 Å². The summed E-state index contributed by atoms with van der Waals surface area (Å²) in [6.45, 7) is 0.456. The number of anilines is 1. The van der Waals surface area contributed by atoms with Gasteiger partial charge in [-0.3, -0.25) is 14.9 Å². The average molecular weight is 424 g/mol. The van der Waals surface area contributed by atoms with E-state index in [0.29, 0.717) is 28.4 Å². The summed E-state index contributed by atoms with van der Waals surface area (Å²) in [6.07, 6.45) is 0. The SMILES string of the molecule is O=C(NCc1ccccc1)c1ccc(NC(=S)NC(=O)c2ccccc2Cl)cc1. The largest absolute Gasteiger partial charge is 0.348 e. The molecule has 0 aliphatic heterocycles. The van der Waals surface area contributed by atoms with Crippen LogP contribution in [0, 0.1) is 0 Å². The van der Waals surface area contributed by atoms with E-state index in [-0.39, 0.29) is 11.0 Å². The molecule has 0 atom stereocenters. The van der Waals surface area contributed by atoms with Gasteiger partial charge in [0, 0.05) is 17.8 Å². The minimum atomic E-state index is -0.398. The van der Waals surface area contributed by atoms with Gasteiger partial charge in [0.05, 0.1) is 10.6 Å². The van der Waals surface area contributed by atoms with E-state index >= 15 is 0 Å². The fourth-order valence-corrected chi connectivity index (χ4v) is 3.00. The zero-order valence-electron chi connectivity index (χ0n) is 15.3. The number of halogens is 1. The van der Waals surface area contributed by atoms with Gasteiger partial charge in [0.25, 0.3) is 11.8 Å². The van der Waals surface area contributed by atoms with Crippen LogP contribution in [0.1, 0.15) is 26.3 Å². The molecule has 0 aliphatic rings. The van der Waals surface area contributed by atoms with Crippen LogP contribution in [0.3, 0.4) is 0 Å². The fourth-order valence-electron chi connectivity index (χ4n) is 2.56. The van der Waals surface area contributed by atoms with Crippen LogP contribution in [0.25, 0.3) is 0 Å². The minimum absolute atomic E-state index is 0.135. The predicted octanol–water partition coefficient (Wildman–Crippen LogP) is 4.40. The van der Waals surface area contributed by atoms with E-state index in [9.17, 15) is 9.59 Å². The number of thiocarbonyl (C=S) groups is 1. The van der Waals surface area contributed by atoms with E-state index in [2.05, 4.69) is 16.0 Å². The van der Waals surface area contributed by atoms with Crippen molar-refractivity contribution < 1.29 is 9.59 Å². The average Bonchev–Trinajstić information content (AvgIpc) is 2.73. The molecule has 3 aromatic carbocycles. The van der Waals surface area contributed by atoms with Crippen molar-refractivity contribution in [3.63, 3.8) is 0 Å². The molecule has 3 rings (SSSR count). The van der Waals surface area contributed by atoms with Crippen molar-refractivity contribution in [2.45, 2.75) is 6.54 Å². The third kappa shape index (κ3) is 5.88. The topological polar surface area (TPSA) is 70.2 Å². The predicted molar refractivity (Wildman–Crippen MR) is 119 cm³/mol. The Bertz CT molecular complexity index is 1020. The molecule has 5 nitrogen and oxygen atoms in total. The van der Waals surface area contributed by atoms with Gasteiger partial charge >= 0.3 is 0 Å². The number of carbonyl (C=O) groups is 2. The lowest BCUT2D eigenvalue weighted by Crippen LogP contribution is -2.34. The van der Waals surface area contributed by atoms with Crippen molar-refractivity contribution in [3.8, 4) is 0 Å². The lowest BCUT2D eigenvalue weighted by Gasteiger charge is -2.11. The zero-order chi connectivity index (χ0) is 20.6. The lowest BCUT2D eigenvalue weighted by atomic mass is 10.2. The summed E-state index contributed by atoms with van der Waals surface area (Å²) in [5, 5.41) is 8.84. The fraction of sp³-hybridized carbons (Fsp3) is 0.0455. The van der Waals surface area contributed by atoms with E-state index in [1.807, 2.05) is 30.3 Å². The molecule has 3 N–H and O–H groups in total. The van der Waals surface area contributed by atoms with Gasteiger partial charge < -0.3 is 10.6 Å². The van der Waals surface area contributed by atoms with E-state index in [0.717, 1.165) is 5.56 Å². The molecule has 0 aliphatic carbocycles. The molecule has 0 radical (unpaired) electrons. The summed E-state index contributed by atoms with van der Waals surface area (Å²) in [4.78, 5) is 24.5. The number of hydrogen-bond acceptors (Lipinski definition) is 3. The van der Waals surface area contributed by atoms with Crippen LogP contribution in [-0.4, -0.2) is 16.9 Å². The molecule has 0 spiro atoms. The highest BCUT2D eigenvalue weighted by Gasteiger charge is 2.11. The van der Waals surface area contributed by atoms with Crippen LogP contribution in [0.4, 0.5) is 5.69 Å². The molecule has 3 aromatic rings. The highest BCUT2D eigenvalue weighted by molar-refractivity contribution is 7.80. The minimum Gasteiger partial charge on any atom is -0.348 e. The Morgan fingerprint density at radius 1 is 0.828 bits per heavy atom. The van der Waals surface area contributed by atoms with Crippen molar-refractivity contribution in [1.82, 2.24) is 10.6 Å². The molecule has 2 amide bonds. The van der Waals surface area contributed by atoms with Crippen LogP contribution in [0.2, 0.25) is 5.02 Å². The van der Waals surface area contributed by atoms with Crippen LogP contribution in [0.15, 0.2) is 78.9 Å². The number of carbonyl (C=O) groups excluding carboxylic acids is 2. The Kier molecular flexibility index (Phi) is 6.94. The Morgan fingerprint density at radius 3 is 2.17 bits per heavy atom. The maximum atomic E-state index is 12.3. The highest BCUT2D eigenvalue weighted by Crippen LogP contribution is 2.15. The Hall–Kier alpha value is -3.22. The van der Waals surface area contributed by atoms with Gasteiger partial charge in [-0.1, -0.05) is 54.1 Å². The van der Waals surface area contributed by atoms with Gasteiger partial charge in [-0.2, -0.15) is 0 Å². The van der Waals surface area contributed by atoms with E-state index in [1.165, 1.54) is 0 Å². The van der Waals surface area contributed by atoms with Crippen LogP contribution >= 0.6 is 23.8 Å². The van der Waals surface area contributed by atoms with Crippen molar-refractivity contribution in [3.05, 3.63) is 101 Å². The molecule has 0 unspecified atom stereocenters. The number of amides is 2. The summed E-state index contributed by atoms with van der Waals surface area (Å²) < 4.78 is 0. The Labute approximate surface area is 179 Å². The normalized spacial score (nSPS) is 10.1. The molecule has 0 saturated heterocycles. The number of rotatable bonds is 5. The van der Waals surface area contributed by atoms with E-state index in [4.69, 9.17) is 23.8 Å². The van der Waals surface area contributed by atoms with E-state index in [1.54, 1.807) is 48.5 Å². The molecule has 0 saturated carbocycles. The first-order valence-corrected chi connectivity index (χ1v) is 9.60. The molecular formula is C22H18ClN3O2S. The van der Waals surface area contributed by atoms with Gasteiger partial charge in [-0.05, 0) is 54.2 Å². The molecule has 7 heteroatoms. The summed E-state index contributed by atoms with van der Waals surface area (Å²) in [7, 11) is 0. The molecule has 146 valence electrons. The number of nitrogens with one attached hydrogen (secondary N) is 3. The van der Waals surface area contributed by atoms with Crippen LogP contribution in [0.5, 0.6) is 0 Å². The van der Waals surface area contributed by atoms with Gasteiger partial charge in [-0.25, -0.2) is 0 Å². The monoisotopic (exact) mass is 423 g/mol. The zero-order valence-corrected chi connectivity index (χ0v) is 16.9. The summed E-state index contributed by atoms with van der Waals surface area (Å²) >= 11 is 11.2. The molecule has 29 heavy (non-hydrogen) atoms. The maximum Gasteiger partial charge on any atom is 0.258 e. The van der Waals surface area contributed by atoms with Gasteiger partial charge in [0.15, 0.2) is 5.11 Å². The third-order valence-electron chi connectivity index (χ3n) is 4.05. The van der Waals surface area contributed by atoms with E-state index < -0.39 is 5.91 Å². The second-order valence-corrected chi connectivity index (χ2v) is 6.95. The summed E-state index contributed by atoms with van der Waals surface area (Å²) in [5.41, 5.74) is 2.54. The molecular weight excluding hydrogens is 406 g/mol. The molecule has 0 bridgehead atoms. The third-order valence-corrected chi connectivity index (χ3v) is 4.58. The first-order chi connectivity index (χ1) is 14.0. The van der Waals surface area contributed by atoms with Gasteiger partial charge in [0.1, 0.15) is 0 Å². The van der Waals surface area contributed by atoms with Crippen LogP contribution < -0.4 is 16.0 Å². The van der Waals surface area contributed by atoms with Gasteiger partial charge in [0.2, 0.25) is 0 Å². The Morgan fingerprint density at radius 2 is 1.48 bits per heavy atom. The van der Waals surface area contributed by atoms with Gasteiger partial charge in [-0.15, -0.1) is 0 Å². The van der Waals surface area contributed by atoms with Crippen molar-refractivity contribution in [2.24, 2.45) is 0 Å². The highest BCUT2D eigenvalue weighted by atomic mass is 35.5. The maximum absolute atomic E-state index is 12.3. The number of hydrogen-bond donors (Lipinski definition) is 3. The Balaban J connectivity index is 1.53. The number of benzene rings is 3. The van der Waals surface area contributed by atoms with Crippen molar-refractivity contribution in [1.29, 1.82) is 0 Å². The van der Waals surface area contributed by atoms with Crippen molar-refractivity contribution >= 4 is 46.4 Å². The molecule has 0 fully saturated rings. The first-order valence-electron chi connectivity index (χ1n) is 8.82. The molecule has 0 aromatic heterocycles. The summed E-state index contributed by atoms with van der Waals surface area (Å²) in [6, 6.07) is 23.2.